The summed E-state index contributed by atoms with van der Waals surface area (Å²) in [6, 6.07) is 0. The van der Waals surface area contributed by atoms with Gasteiger partial charge < -0.3 is 28.7 Å². The van der Waals surface area contributed by atoms with E-state index in [1.54, 1.807) is 13.8 Å². The molecule has 0 aliphatic carbocycles. The van der Waals surface area contributed by atoms with Crippen molar-refractivity contribution in [2.75, 3.05) is 0 Å². The molecule has 0 unspecified atom stereocenters. The summed E-state index contributed by atoms with van der Waals surface area (Å²) in [6.07, 6.45) is 10.1. The lowest BCUT2D eigenvalue weighted by Crippen LogP contribution is -2.45. The summed E-state index contributed by atoms with van der Waals surface area (Å²) >= 11 is 0. The Labute approximate surface area is 175 Å². The van der Waals surface area contributed by atoms with Crippen LogP contribution in [0.5, 0.6) is 0 Å². The van der Waals surface area contributed by atoms with Crippen molar-refractivity contribution >= 4 is 15.2 Å². The zero-order valence-electron chi connectivity index (χ0n) is 18.3. The lowest BCUT2D eigenvalue weighted by atomic mass is 10.1. The van der Waals surface area contributed by atoms with E-state index in [0.717, 1.165) is 0 Å². The van der Waals surface area contributed by atoms with Crippen LogP contribution in [0, 0.1) is 11.8 Å². The minimum atomic E-state index is -5.74. The van der Waals surface area contributed by atoms with Gasteiger partial charge in [0.05, 0.1) is 0 Å². The number of hydrogen-bond donors (Lipinski definition) is 0. The number of rotatable bonds is 12. The van der Waals surface area contributed by atoms with Gasteiger partial charge in [-0.25, -0.2) is 0 Å². The second-order valence-electron chi connectivity index (χ2n) is 8.24. The average molecular weight is 444 g/mol. The summed E-state index contributed by atoms with van der Waals surface area (Å²) in [7, 11) is -11.5. The molecule has 0 aliphatic rings. The Morgan fingerprint density at radius 2 is 1.07 bits per heavy atom. The van der Waals surface area contributed by atoms with Gasteiger partial charge in [-0.1, -0.05) is 90.5 Å². The molecule has 0 saturated carbocycles. The lowest BCUT2D eigenvalue weighted by molar-refractivity contribution is -0.336. The average Bonchev–Trinajstić information content (AvgIpc) is 2.51. The summed E-state index contributed by atoms with van der Waals surface area (Å²) in [5.74, 6) is 0.679. The van der Waals surface area contributed by atoms with Crippen LogP contribution in [0.25, 0.3) is 0 Å². The van der Waals surface area contributed by atoms with Crippen molar-refractivity contribution in [3.63, 3.8) is 0 Å². The van der Waals surface area contributed by atoms with Gasteiger partial charge in [0, 0.05) is 4.90 Å². The molecule has 0 aromatic heterocycles. The minimum Gasteiger partial charge on any atom is -0.810 e. The molecule has 6 nitrogen and oxygen atoms in total. The fourth-order valence-electron chi connectivity index (χ4n) is 2.57. The van der Waals surface area contributed by atoms with Crippen LogP contribution < -0.4 is 19.6 Å². The van der Waals surface area contributed by atoms with E-state index in [2.05, 4.69) is 0 Å². The van der Waals surface area contributed by atoms with E-state index in [1.165, 1.54) is 12.2 Å². The number of allylic oxidation sites excluding steroid dienone is 8. The first kappa shape index (κ1) is 28.3. The normalized spacial score (nSPS) is 15.4. The van der Waals surface area contributed by atoms with Crippen molar-refractivity contribution < 1.29 is 28.7 Å². The smallest absolute Gasteiger partial charge is 0.0325 e. The van der Waals surface area contributed by atoms with Gasteiger partial charge in [-0.15, -0.1) is 0 Å². The third-order valence-corrected chi connectivity index (χ3v) is 8.74. The standard InChI is InChI=1S/C21H38O6P2/c1-17(2)9-7-11-19(5)13-15-21(28(22,23)24,29(25,26)27)16-14-20(6)12-8-10-18(3)4/h7-10,13-14,17-18H,11-12,15-16H2,1-6H3,(H2,22,23,24)(H2,25,26,27)/p-4/b9-7+,10-8+,19-13+,20-14+. The van der Waals surface area contributed by atoms with Crippen LogP contribution in [0.15, 0.2) is 47.6 Å². The molecule has 8 heteroatoms. The molecule has 0 spiro atoms. The SMILES string of the molecule is C/C(=C\CC(C/C=C(\C)C/C=C/C(C)C)(P(=O)([O-])[O-])P(=O)([O-])[O-])C/C=C/C(C)C. The first-order valence-electron chi connectivity index (χ1n) is 9.81. The molecule has 0 aliphatic heterocycles. The molecule has 0 aromatic rings. The van der Waals surface area contributed by atoms with Gasteiger partial charge in [0.15, 0.2) is 0 Å². The van der Waals surface area contributed by atoms with Crippen LogP contribution in [0.3, 0.4) is 0 Å². The van der Waals surface area contributed by atoms with Crippen LogP contribution in [0.1, 0.15) is 67.2 Å². The topological polar surface area (TPSA) is 126 Å². The summed E-state index contributed by atoms with van der Waals surface area (Å²) in [4.78, 5) is 44.9. The Morgan fingerprint density at radius 3 is 1.31 bits per heavy atom. The van der Waals surface area contributed by atoms with Crippen molar-refractivity contribution in [1.29, 1.82) is 0 Å². The van der Waals surface area contributed by atoms with Crippen molar-refractivity contribution in [3.05, 3.63) is 47.6 Å². The Kier molecular flexibility index (Phi) is 11.9. The Morgan fingerprint density at radius 1 is 0.759 bits per heavy atom. The summed E-state index contributed by atoms with van der Waals surface area (Å²) in [5.41, 5.74) is 1.38. The van der Waals surface area contributed by atoms with Crippen molar-refractivity contribution in [3.8, 4) is 0 Å². The Hall–Kier alpha value is -0.740. The van der Waals surface area contributed by atoms with E-state index in [0.29, 0.717) is 35.8 Å². The Balaban J connectivity index is 5.75. The van der Waals surface area contributed by atoms with Gasteiger partial charge in [0.1, 0.15) is 0 Å². The zero-order valence-corrected chi connectivity index (χ0v) is 20.1. The van der Waals surface area contributed by atoms with Crippen molar-refractivity contribution in [1.82, 2.24) is 0 Å². The molecular formula is C21H34O6P2-4. The van der Waals surface area contributed by atoms with Crippen LogP contribution >= 0.6 is 15.2 Å². The summed E-state index contributed by atoms with van der Waals surface area (Å²) < 4.78 is 23.9. The van der Waals surface area contributed by atoms with Gasteiger partial charge in [-0.2, -0.15) is 0 Å². The van der Waals surface area contributed by atoms with Crippen molar-refractivity contribution in [2.24, 2.45) is 11.8 Å². The maximum atomic E-state index is 11.9. The molecule has 29 heavy (non-hydrogen) atoms. The molecular weight excluding hydrogens is 410 g/mol. The quantitative estimate of drug-likeness (QED) is 0.335. The molecule has 0 radical (unpaired) electrons. The number of hydrogen-bond acceptors (Lipinski definition) is 6. The zero-order chi connectivity index (χ0) is 22.9. The highest BCUT2D eigenvalue weighted by Crippen LogP contribution is 2.65. The predicted molar refractivity (Wildman–Crippen MR) is 112 cm³/mol. The molecule has 0 fully saturated rings. The maximum Gasteiger partial charge on any atom is 0.0325 e. The second-order valence-corrected chi connectivity index (χ2v) is 12.3. The highest BCUT2D eigenvalue weighted by atomic mass is 31.2. The first-order chi connectivity index (χ1) is 13.1. The summed E-state index contributed by atoms with van der Waals surface area (Å²) in [6.45, 7) is 11.4. The van der Waals surface area contributed by atoms with Crippen molar-refractivity contribution in [2.45, 2.75) is 72.1 Å². The van der Waals surface area contributed by atoms with E-state index < -0.39 is 32.9 Å². The largest absolute Gasteiger partial charge is 0.810 e. The van der Waals surface area contributed by atoms with E-state index in [9.17, 15) is 28.7 Å². The predicted octanol–water partition coefficient (Wildman–Crippen LogP) is 3.39. The fourth-order valence-corrected chi connectivity index (χ4v) is 5.03. The molecule has 0 aromatic carbocycles. The molecule has 0 heterocycles. The van der Waals surface area contributed by atoms with Crippen LogP contribution in [0.2, 0.25) is 0 Å². The van der Waals surface area contributed by atoms with Gasteiger partial charge >= 0.3 is 0 Å². The Bertz CT molecular complexity index is 657. The molecule has 0 N–H and O–H groups in total. The summed E-state index contributed by atoms with van der Waals surface area (Å²) in [5, 5.41) is 0. The monoisotopic (exact) mass is 444 g/mol. The van der Waals surface area contributed by atoms with E-state index in [4.69, 9.17) is 0 Å². The molecule has 0 rings (SSSR count). The van der Waals surface area contributed by atoms with Gasteiger partial charge in [0.25, 0.3) is 0 Å². The highest BCUT2D eigenvalue weighted by Gasteiger charge is 2.36. The van der Waals surface area contributed by atoms with Crippen LogP contribution in [-0.4, -0.2) is 4.90 Å². The molecule has 0 saturated heterocycles. The van der Waals surface area contributed by atoms with Crippen LogP contribution in [-0.2, 0) is 9.13 Å². The van der Waals surface area contributed by atoms with Gasteiger partial charge in [0.2, 0.25) is 0 Å². The van der Waals surface area contributed by atoms with Gasteiger partial charge in [-0.05, 0) is 51.4 Å². The lowest BCUT2D eigenvalue weighted by Gasteiger charge is -2.59. The van der Waals surface area contributed by atoms with E-state index in [-0.39, 0.29) is 0 Å². The second kappa shape index (κ2) is 12.2. The third kappa shape index (κ3) is 10.2. The first-order valence-corrected chi connectivity index (χ1v) is 12.9. The fraction of sp³-hybridized carbons (Fsp3) is 0.619. The molecule has 0 amide bonds. The maximum absolute atomic E-state index is 11.9. The van der Waals surface area contributed by atoms with Crippen LogP contribution in [0.4, 0.5) is 0 Å². The highest BCUT2D eigenvalue weighted by molar-refractivity contribution is 7.69. The molecule has 0 bridgehead atoms. The third-order valence-electron chi connectivity index (χ3n) is 4.50. The van der Waals surface area contributed by atoms with E-state index >= 15 is 0 Å². The minimum absolute atomic E-state index is 0.340. The molecule has 0 atom stereocenters. The molecule has 168 valence electrons. The van der Waals surface area contributed by atoms with E-state index in [1.807, 2.05) is 52.0 Å². The van der Waals surface area contributed by atoms with Gasteiger partial charge in [-0.3, -0.25) is 0 Å².